The maximum absolute atomic E-state index is 12.2. The molecule has 1 unspecified atom stereocenters. The summed E-state index contributed by atoms with van der Waals surface area (Å²) in [6, 6.07) is 1.98. The highest BCUT2D eigenvalue weighted by atomic mass is 16.5. The molecule has 0 spiro atoms. The van der Waals surface area contributed by atoms with E-state index in [9.17, 15) is 4.79 Å². The lowest BCUT2D eigenvalue weighted by molar-refractivity contribution is 0.122. The second kappa shape index (κ2) is 8.14. The molecule has 0 radical (unpaired) electrons. The third-order valence-electron chi connectivity index (χ3n) is 3.80. The van der Waals surface area contributed by atoms with E-state index in [0.717, 1.165) is 38.2 Å². The zero-order valence-corrected chi connectivity index (χ0v) is 13.0. The first-order valence-electron chi connectivity index (χ1n) is 7.87. The molecule has 118 valence electrons. The number of nitrogens with zero attached hydrogens (tertiary/aromatic N) is 3. The minimum atomic E-state index is -0.0317. The molecule has 21 heavy (non-hydrogen) atoms. The van der Waals surface area contributed by atoms with Crippen molar-refractivity contribution in [1.29, 1.82) is 0 Å². The molecule has 1 aromatic heterocycles. The van der Waals surface area contributed by atoms with Crippen molar-refractivity contribution in [3.8, 4) is 0 Å². The standard InChI is InChI=1S/C15H26N4O2/c1-3-5-16-13(4-2)12-19-15(20)10-14(11-17-19)18-6-8-21-9-7-18/h10-11,13,16H,3-9,12H2,1-2H3. The van der Waals surface area contributed by atoms with E-state index < -0.39 is 0 Å². The summed E-state index contributed by atoms with van der Waals surface area (Å²) in [6.45, 7) is 8.92. The lowest BCUT2D eigenvalue weighted by atomic mass is 10.2. The molecule has 1 atom stereocenters. The minimum absolute atomic E-state index is 0.0317. The first kappa shape index (κ1) is 16.0. The second-order valence-electron chi connectivity index (χ2n) is 5.39. The third kappa shape index (κ3) is 4.54. The van der Waals surface area contributed by atoms with Crippen LogP contribution in [0.4, 0.5) is 5.69 Å². The highest BCUT2D eigenvalue weighted by Crippen LogP contribution is 2.11. The van der Waals surface area contributed by atoms with Gasteiger partial charge in [0.2, 0.25) is 0 Å². The minimum Gasteiger partial charge on any atom is -0.378 e. The zero-order valence-electron chi connectivity index (χ0n) is 13.0. The zero-order chi connectivity index (χ0) is 15.1. The smallest absolute Gasteiger partial charge is 0.268 e. The Morgan fingerprint density at radius 3 is 2.76 bits per heavy atom. The average molecular weight is 294 g/mol. The number of morpholine rings is 1. The number of ether oxygens (including phenoxy) is 1. The van der Waals surface area contributed by atoms with E-state index in [1.54, 1.807) is 16.9 Å². The third-order valence-corrected chi connectivity index (χ3v) is 3.80. The van der Waals surface area contributed by atoms with Gasteiger partial charge in [0.15, 0.2) is 0 Å². The number of nitrogens with one attached hydrogen (secondary N) is 1. The normalized spacial score (nSPS) is 17.0. The van der Waals surface area contributed by atoms with Gasteiger partial charge in [0.1, 0.15) is 0 Å². The van der Waals surface area contributed by atoms with Crippen LogP contribution in [0, 0.1) is 0 Å². The summed E-state index contributed by atoms with van der Waals surface area (Å²) in [7, 11) is 0. The van der Waals surface area contributed by atoms with Crippen LogP contribution in [0.1, 0.15) is 26.7 Å². The van der Waals surface area contributed by atoms with Gasteiger partial charge < -0.3 is 15.0 Å². The summed E-state index contributed by atoms with van der Waals surface area (Å²) >= 11 is 0. The number of hydrogen-bond acceptors (Lipinski definition) is 5. The second-order valence-corrected chi connectivity index (χ2v) is 5.39. The Morgan fingerprint density at radius 1 is 1.38 bits per heavy atom. The molecule has 1 N–H and O–H groups in total. The van der Waals surface area contributed by atoms with Crippen molar-refractivity contribution in [3.63, 3.8) is 0 Å². The van der Waals surface area contributed by atoms with Crippen molar-refractivity contribution in [1.82, 2.24) is 15.1 Å². The van der Waals surface area contributed by atoms with Gasteiger partial charge in [0.25, 0.3) is 5.56 Å². The van der Waals surface area contributed by atoms with Crippen molar-refractivity contribution >= 4 is 5.69 Å². The fraction of sp³-hybridized carbons (Fsp3) is 0.733. The molecule has 0 bridgehead atoms. The Bertz CT molecular complexity index is 483. The number of aromatic nitrogens is 2. The predicted molar refractivity (Wildman–Crippen MR) is 83.9 cm³/mol. The van der Waals surface area contributed by atoms with Crippen molar-refractivity contribution < 1.29 is 4.74 Å². The molecule has 1 fully saturated rings. The molecule has 2 rings (SSSR count). The SMILES string of the molecule is CCCNC(CC)Cn1ncc(N2CCOCC2)cc1=O. The first-order chi connectivity index (χ1) is 10.2. The van der Waals surface area contributed by atoms with Crippen LogP contribution in [0.15, 0.2) is 17.1 Å². The quantitative estimate of drug-likeness (QED) is 0.808. The van der Waals surface area contributed by atoms with Crippen LogP contribution in [-0.4, -0.2) is 48.7 Å². The Hall–Kier alpha value is -1.40. The van der Waals surface area contributed by atoms with Crippen LogP contribution >= 0.6 is 0 Å². The van der Waals surface area contributed by atoms with Gasteiger partial charge in [0, 0.05) is 25.2 Å². The Morgan fingerprint density at radius 2 is 2.14 bits per heavy atom. The van der Waals surface area contributed by atoms with E-state index in [1.807, 2.05) is 0 Å². The van der Waals surface area contributed by atoms with Crippen molar-refractivity contribution in [3.05, 3.63) is 22.6 Å². The lowest BCUT2D eigenvalue weighted by Gasteiger charge is -2.28. The van der Waals surface area contributed by atoms with Gasteiger partial charge in [-0.15, -0.1) is 0 Å². The number of anilines is 1. The van der Waals surface area contributed by atoms with Gasteiger partial charge in [-0.1, -0.05) is 13.8 Å². The molecule has 0 saturated carbocycles. The highest BCUT2D eigenvalue weighted by Gasteiger charge is 2.14. The molecule has 1 aliphatic heterocycles. The van der Waals surface area contributed by atoms with E-state index in [-0.39, 0.29) is 5.56 Å². The van der Waals surface area contributed by atoms with Gasteiger partial charge in [-0.25, -0.2) is 4.68 Å². The van der Waals surface area contributed by atoms with Crippen LogP contribution in [0.3, 0.4) is 0 Å². The van der Waals surface area contributed by atoms with Gasteiger partial charge in [-0.05, 0) is 19.4 Å². The molecule has 2 heterocycles. The summed E-state index contributed by atoms with van der Waals surface area (Å²) in [6.07, 6.45) is 3.87. The maximum Gasteiger partial charge on any atom is 0.268 e. The average Bonchev–Trinajstić information content (AvgIpc) is 2.53. The Labute approximate surface area is 126 Å². The van der Waals surface area contributed by atoms with Crippen LogP contribution in [0.2, 0.25) is 0 Å². The van der Waals surface area contributed by atoms with E-state index in [0.29, 0.717) is 25.8 Å². The van der Waals surface area contributed by atoms with Crippen LogP contribution in [-0.2, 0) is 11.3 Å². The van der Waals surface area contributed by atoms with Crippen molar-refractivity contribution in [2.45, 2.75) is 39.3 Å². The molecule has 6 heteroatoms. The van der Waals surface area contributed by atoms with Crippen LogP contribution < -0.4 is 15.8 Å². The molecule has 6 nitrogen and oxygen atoms in total. The predicted octanol–water partition coefficient (Wildman–Crippen LogP) is 0.858. The number of rotatable bonds is 7. The molecular weight excluding hydrogens is 268 g/mol. The van der Waals surface area contributed by atoms with Crippen LogP contribution in [0.25, 0.3) is 0 Å². The van der Waals surface area contributed by atoms with E-state index >= 15 is 0 Å². The molecule has 0 aliphatic carbocycles. The first-order valence-corrected chi connectivity index (χ1v) is 7.87. The summed E-state index contributed by atoms with van der Waals surface area (Å²) in [5, 5.41) is 7.78. The van der Waals surface area contributed by atoms with Crippen LogP contribution in [0.5, 0.6) is 0 Å². The molecule has 1 aromatic rings. The van der Waals surface area contributed by atoms with E-state index in [4.69, 9.17) is 4.74 Å². The molecular formula is C15H26N4O2. The summed E-state index contributed by atoms with van der Waals surface area (Å²) in [4.78, 5) is 14.4. The number of hydrogen-bond donors (Lipinski definition) is 1. The largest absolute Gasteiger partial charge is 0.378 e. The summed E-state index contributed by atoms with van der Waals surface area (Å²) in [5.74, 6) is 0. The lowest BCUT2D eigenvalue weighted by Crippen LogP contribution is -2.39. The fourth-order valence-corrected chi connectivity index (χ4v) is 2.45. The fourth-order valence-electron chi connectivity index (χ4n) is 2.45. The summed E-state index contributed by atoms with van der Waals surface area (Å²) < 4.78 is 6.88. The van der Waals surface area contributed by atoms with Gasteiger partial charge >= 0.3 is 0 Å². The monoisotopic (exact) mass is 294 g/mol. The van der Waals surface area contributed by atoms with Crippen molar-refractivity contribution in [2.75, 3.05) is 37.7 Å². The summed E-state index contributed by atoms with van der Waals surface area (Å²) in [5.41, 5.74) is 0.866. The van der Waals surface area contributed by atoms with Gasteiger partial charge in [0.05, 0.1) is 31.6 Å². The van der Waals surface area contributed by atoms with Gasteiger partial charge in [-0.2, -0.15) is 5.10 Å². The Kier molecular flexibility index (Phi) is 6.20. The van der Waals surface area contributed by atoms with E-state index in [1.165, 1.54) is 0 Å². The molecule has 1 saturated heterocycles. The van der Waals surface area contributed by atoms with E-state index in [2.05, 4.69) is 29.2 Å². The maximum atomic E-state index is 12.2. The Balaban J connectivity index is 2.02. The topological polar surface area (TPSA) is 59.4 Å². The molecule has 0 amide bonds. The molecule has 0 aromatic carbocycles. The van der Waals surface area contributed by atoms with Crippen molar-refractivity contribution in [2.24, 2.45) is 0 Å². The molecule has 1 aliphatic rings. The highest BCUT2D eigenvalue weighted by molar-refractivity contribution is 5.43. The van der Waals surface area contributed by atoms with Gasteiger partial charge in [-0.3, -0.25) is 4.79 Å².